The van der Waals surface area contributed by atoms with Crippen LogP contribution in [-0.2, 0) is 4.74 Å². The average molecular weight is 317 g/mol. The predicted molar refractivity (Wildman–Crippen MR) is 86.6 cm³/mol. The van der Waals surface area contributed by atoms with Crippen molar-refractivity contribution in [1.82, 2.24) is 20.2 Å². The van der Waals surface area contributed by atoms with Crippen LogP contribution in [0.5, 0.6) is 0 Å². The summed E-state index contributed by atoms with van der Waals surface area (Å²) in [6.45, 7) is 3.71. The van der Waals surface area contributed by atoms with Gasteiger partial charge in [-0.1, -0.05) is 23.3 Å². The van der Waals surface area contributed by atoms with Crippen molar-refractivity contribution in [3.8, 4) is 5.69 Å². The third-order valence-corrected chi connectivity index (χ3v) is 5.93. The molecular formula is C15H19N5OS. The number of benzene rings is 1. The first kappa shape index (κ1) is 14.0. The minimum absolute atomic E-state index is 0.296. The first-order valence-corrected chi connectivity index (χ1v) is 8.65. The smallest absolute Gasteiger partial charge is 0.250 e. The topological polar surface area (TPSA) is 56.1 Å². The molecule has 2 saturated heterocycles. The molecule has 4 rings (SSSR count). The molecule has 7 heteroatoms. The fourth-order valence-electron chi connectivity index (χ4n) is 3.18. The van der Waals surface area contributed by atoms with E-state index in [2.05, 4.69) is 32.2 Å². The Kier molecular flexibility index (Phi) is 3.75. The normalized spacial score (nSPS) is 21.2. The molecule has 6 nitrogen and oxygen atoms in total. The number of nitrogens with zero attached hydrogens (tertiary/aromatic N) is 5. The highest BCUT2D eigenvalue weighted by Crippen LogP contribution is 2.40. The summed E-state index contributed by atoms with van der Waals surface area (Å²) in [5.41, 5.74) is 1.00. The maximum absolute atomic E-state index is 5.54. The van der Waals surface area contributed by atoms with Crippen LogP contribution in [0.3, 0.4) is 0 Å². The van der Waals surface area contributed by atoms with Crippen LogP contribution in [0.15, 0.2) is 30.3 Å². The van der Waals surface area contributed by atoms with Gasteiger partial charge >= 0.3 is 0 Å². The summed E-state index contributed by atoms with van der Waals surface area (Å²) >= 11 is 2.09. The van der Waals surface area contributed by atoms with Gasteiger partial charge in [0.15, 0.2) is 0 Å². The fraction of sp³-hybridized carbons (Fsp3) is 0.533. The molecule has 0 bridgehead atoms. The van der Waals surface area contributed by atoms with Crippen molar-refractivity contribution < 1.29 is 4.74 Å². The third kappa shape index (κ3) is 2.59. The lowest BCUT2D eigenvalue weighted by Crippen LogP contribution is -2.50. The lowest BCUT2D eigenvalue weighted by Gasteiger charge is -2.44. The second-order valence-corrected chi connectivity index (χ2v) is 7.35. The zero-order chi connectivity index (χ0) is 14.8. The Morgan fingerprint density at radius 2 is 1.95 bits per heavy atom. The molecule has 0 unspecified atom stereocenters. The Hall–Kier alpha value is -1.60. The van der Waals surface area contributed by atoms with Gasteiger partial charge < -0.3 is 9.64 Å². The van der Waals surface area contributed by atoms with Gasteiger partial charge in [-0.25, -0.2) is 0 Å². The van der Waals surface area contributed by atoms with E-state index in [9.17, 15) is 0 Å². The van der Waals surface area contributed by atoms with Gasteiger partial charge in [0, 0.05) is 36.8 Å². The van der Waals surface area contributed by atoms with Crippen LogP contribution in [-0.4, -0.2) is 57.0 Å². The molecule has 1 aromatic heterocycles. The van der Waals surface area contributed by atoms with Crippen molar-refractivity contribution in [2.45, 2.75) is 17.6 Å². The Morgan fingerprint density at radius 3 is 2.77 bits per heavy atom. The molecule has 0 atom stereocenters. The Balaban J connectivity index is 1.61. The van der Waals surface area contributed by atoms with Gasteiger partial charge in [0.25, 0.3) is 0 Å². The Morgan fingerprint density at radius 1 is 1.14 bits per heavy atom. The van der Waals surface area contributed by atoms with Crippen LogP contribution in [0.25, 0.3) is 5.69 Å². The number of hydrogen-bond donors (Lipinski definition) is 0. The van der Waals surface area contributed by atoms with E-state index in [1.807, 2.05) is 35.0 Å². The van der Waals surface area contributed by atoms with Crippen molar-refractivity contribution >= 4 is 17.7 Å². The molecule has 2 fully saturated rings. The molecular weight excluding hydrogens is 298 g/mol. The maximum Gasteiger partial charge on any atom is 0.250 e. The number of anilines is 1. The second kappa shape index (κ2) is 5.89. The monoisotopic (exact) mass is 317 g/mol. The summed E-state index contributed by atoms with van der Waals surface area (Å²) in [4.78, 5) is 2.33. The van der Waals surface area contributed by atoms with Crippen LogP contribution in [0.4, 0.5) is 5.95 Å². The van der Waals surface area contributed by atoms with Gasteiger partial charge in [0.05, 0.1) is 5.69 Å². The van der Waals surface area contributed by atoms with E-state index in [0.29, 0.717) is 4.75 Å². The average Bonchev–Trinajstić information content (AvgIpc) is 3.06. The summed E-state index contributed by atoms with van der Waals surface area (Å²) in [5.74, 6) is 1.96. The van der Waals surface area contributed by atoms with Crippen molar-refractivity contribution in [2.24, 2.45) is 0 Å². The lowest BCUT2D eigenvalue weighted by molar-refractivity contribution is 0.0781. The molecule has 0 aliphatic carbocycles. The van der Waals surface area contributed by atoms with Crippen LogP contribution in [0.1, 0.15) is 12.8 Å². The first-order chi connectivity index (χ1) is 10.9. The highest BCUT2D eigenvalue weighted by Gasteiger charge is 2.39. The molecule has 3 heterocycles. The Bertz CT molecular complexity index is 620. The van der Waals surface area contributed by atoms with E-state index in [1.54, 1.807) is 0 Å². The Labute approximate surface area is 133 Å². The standard InChI is InChI=1S/C15H19N5OS/c1-2-4-13(5-3-1)20-14(16-17-18-20)19-8-11-22-15(12-19)6-9-21-10-7-15/h1-5H,6-12H2. The molecule has 22 heavy (non-hydrogen) atoms. The molecule has 116 valence electrons. The summed E-state index contributed by atoms with van der Waals surface area (Å²) in [5, 5.41) is 12.4. The van der Waals surface area contributed by atoms with E-state index >= 15 is 0 Å². The summed E-state index contributed by atoms with van der Waals surface area (Å²) < 4.78 is 7.67. The minimum atomic E-state index is 0.296. The third-order valence-electron chi connectivity index (χ3n) is 4.39. The van der Waals surface area contributed by atoms with Gasteiger partial charge in [0.2, 0.25) is 5.95 Å². The maximum atomic E-state index is 5.54. The zero-order valence-electron chi connectivity index (χ0n) is 12.4. The highest BCUT2D eigenvalue weighted by molar-refractivity contribution is 8.00. The summed E-state index contributed by atoms with van der Waals surface area (Å²) in [6.07, 6.45) is 2.22. The number of aromatic nitrogens is 4. The minimum Gasteiger partial charge on any atom is -0.381 e. The van der Waals surface area contributed by atoms with Crippen LogP contribution >= 0.6 is 11.8 Å². The van der Waals surface area contributed by atoms with E-state index in [0.717, 1.165) is 56.5 Å². The largest absolute Gasteiger partial charge is 0.381 e. The molecule has 2 aliphatic rings. The molecule has 1 spiro atoms. The lowest BCUT2D eigenvalue weighted by atomic mass is 9.98. The molecule has 0 N–H and O–H groups in total. The quantitative estimate of drug-likeness (QED) is 0.841. The van der Waals surface area contributed by atoms with E-state index in [4.69, 9.17) is 4.74 Å². The van der Waals surface area contributed by atoms with E-state index in [-0.39, 0.29) is 0 Å². The molecule has 0 radical (unpaired) electrons. The SMILES string of the molecule is c1ccc(-n2nnnc2N2CCSC3(CCOCC3)C2)cc1. The van der Waals surface area contributed by atoms with Crippen molar-refractivity contribution in [2.75, 3.05) is 37.0 Å². The fourth-order valence-corrected chi connectivity index (χ4v) is 4.62. The van der Waals surface area contributed by atoms with E-state index < -0.39 is 0 Å². The highest BCUT2D eigenvalue weighted by atomic mass is 32.2. The van der Waals surface area contributed by atoms with Crippen molar-refractivity contribution in [3.63, 3.8) is 0 Å². The van der Waals surface area contributed by atoms with E-state index in [1.165, 1.54) is 0 Å². The van der Waals surface area contributed by atoms with Crippen LogP contribution < -0.4 is 4.90 Å². The van der Waals surface area contributed by atoms with Gasteiger partial charge in [-0.2, -0.15) is 16.4 Å². The molecule has 2 aromatic rings. The number of rotatable bonds is 2. The number of hydrogen-bond acceptors (Lipinski definition) is 6. The molecule has 0 amide bonds. The number of ether oxygens (including phenoxy) is 1. The van der Waals surface area contributed by atoms with Gasteiger partial charge in [0.1, 0.15) is 0 Å². The summed E-state index contributed by atoms with van der Waals surface area (Å²) in [7, 11) is 0. The second-order valence-electron chi connectivity index (χ2n) is 5.79. The molecule has 0 saturated carbocycles. The number of para-hydroxylation sites is 1. The van der Waals surface area contributed by atoms with Crippen LogP contribution in [0.2, 0.25) is 0 Å². The van der Waals surface area contributed by atoms with Gasteiger partial charge in [-0.3, -0.25) is 0 Å². The van der Waals surface area contributed by atoms with Gasteiger partial charge in [-0.15, -0.1) is 0 Å². The van der Waals surface area contributed by atoms with Crippen molar-refractivity contribution in [1.29, 1.82) is 0 Å². The van der Waals surface area contributed by atoms with Crippen molar-refractivity contribution in [3.05, 3.63) is 30.3 Å². The first-order valence-electron chi connectivity index (χ1n) is 7.67. The molecule has 1 aromatic carbocycles. The predicted octanol–water partition coefficient (Wildman–Crippen LogP) is 1.76. The van der Waals surface area contributed by atoms with Crippen LogP contribution in [0, 0.1) is 0 Å². The summed E-state index contributed by atoms with van der Waals surface area (Å²) in [6, 6.07) is 10.1. The zero-order valence-corrected chi connectivity index (χ0v) is 13.2. The number of tetrazole rings is 1. The van der Waals surface area contributed by atoms with Gasteiger partial charge in [-0.05, 0) is 35.4 Å². The molecule has 2 aliphatic heterocycles. The number of thioether (sulfide) groups is 1.